The van der Waals surface area contributed by atoms with Crippen LogP contribution in [-0.2, 0) is 17.4 Å². The molecular weight excluding hydrogens is 323 g/mol. The molecule has 0 aromatic heterocycles. The predicted octanol–water partition coefficient (Wildman–Crippen LogP) is 3.90. The molecule has 2 aromatic rings. The van der Waals surface area contributed by atoms with Crippen LogP contribution in [0.25, 0.3) is 0 Å². The van der Waals surface area contributed by atoms with Crippen LogP contribution in [0.2, 0.25) is 0 Å². The van der Waals surface area contributed by atoms with Crippen LogP contribution < -0.4 is 14.8 Å². The number of carbonyl (C=O) groups excluding carboxylic acids is 1. The van der Waals surface area contributed by atoms with Gasteiger partial charge in [-0.25, -0.2) is 0 Å². The summed E-state index contributed by atoms with van der Waals surface area (Å²) in [4.78, 5) is 12.1. The first kappa shape index (κ1) is 17.7. The van der Waals surface area contributed by atoms with Crippen LogP contribution in [0.15, 0.2) is 42.5 Å². The molecule has 0 aliphatic carbocycles. The number of methoxy groups -OCH3 is 2. The maximum atomic E-state index is 12.9. The third-order valence-electron chi connectivity index (χ3n) is 3.35. The van der Waals surface area contributed by atoms with Crippen molar-refractivity contribution in [2.75, 3.05) is 19.5 Å². The Hall–Kier alpha value is -2.70. The van der Waals surface area contributed by atoms with Crippen LogP contribution in [0.1, 0.15) is 11.1 Å². The summed E-state index contributed by atoms with van der Waals surface area (Å²) in [6, 6.07) is 9.72. The minimum atomic E-state index is -4.54. The summed E-state index contributed by atoms with van der Waals surface area (Å²) in [5, 5.41) is 2.30. The smallest absolute Gasteiger partial charge is 0.418 e. The Bertz CT molecular complexity index is 729. The van der Waals surface area contributed by atoms with Gasteiger partial charge in [0.05, 0.1) is 31.9 Å². The minimum Gasteiger partial charge on any atom is -0.497 e. The average Bonchev–Trinajstić information content (AvgIpc) is 2.54. The van der Waals surface area contributed by atoms with Crippen LogP contribution in [0.5, 0.6) is 11.5 Å². The number of carbonyl (C=O) groups is 1. The van der Waals surface area contributed by atoms with E-state index in [1.807, 2.05) is 0 Å². The molecule has 2 aromatic carbocycles. The number of hydrogen-bond acceptors (Lipinski definition) is 3. The molecule has 0 saturated heterocycles. The van der Waals surface area contributed by atoms with Crippen molar-refractivity contribution in [3.05, 3.63) is 53.6 Å². The molecule has 0 saturated carbocycles. The first-order valence-corrected chi connectivity index (χ1v) is 7.02. The number of anilines is 1. The van der Waals surface area contributed by atoms with Gasteiger partial charge in [-0.15, -0.1) is 0 Å². The molecule has 2 rings (SSSR count). The van der Waals surface area contributed by atoms with Crippen molar-refractivity contribution in [3.8, 4) is 11.5 Å². The topological polar surface area (TPSA) is 47.6 Å². The zero-order valence-corrected chi connectivity index (χ0v) is 13.1. The van der Waals surface area contributed by atoms with Crippen LogP contribution in [0.3, 0.4) is 0 Å². The van der Waals surface area contributed by atoms with Gasteiger partial charge in [0.15, 0.2) is 0 Å². The third kappa shape index (κ3) is 4.18. The number of hydrogen-bond donors (Lipinski definition) is 1. The van der Waals surface area contributed by atoms with Crippen molar-refractivity contribution >= 4 is 11.6 Å². The molecule has 0 unspecified atom stereocenters. The van der Waals surface area contributed by atoms with Crippen molar-refractivity contribution in [1.82, 2.24) is 0 Å². The van der Waals surface area contributed by atoms with E-state index in [4.69, 9.17) is 9.47 Å². The van der Waals surface area contributed by atoms with E-state index in [1.54, 1.807) is 18.2 Å². The predicted molar refractivity (Wildman–Crippen MR) is 83.3 cm³/mol. The fourth-order valence-electron chi connectivity index (χ4n) is 2.20. The van der Waals surface area contributed by atoms with Crippen molar-refractivity contribution in [1.29, 1.82) is 0 Å². The molecule has 0 bridgehead atoms. The molecule has 1 N–H and O–H groups in total. The molecule has 0 aliphatic heterocycles. The van der Waals surface area contributed by atoms with Gasteiger partial charge in [0.1, 0.15) is 11.5 Å². The molecule has 0 aliphatic rings. The fraction of sp³-hybridized carbons (Fsp3) is 0.235. The lowest BCUT2D eigenvalue weighted by Crippen LogP contribution is -2.18. The number of ether oxygens (including phenoxy) is 2. The Morgan fingerprint density at radius 1 is 1.08 bits per heavy atom. The van der Waals surface area contributed by atoms with E-state index in [1.165, 1.54) is 32.4 Å². The summed E-state index contributed by atoms with van der Waals surface area (Å²) in [5.74, 6) is 0.405. The highest BCUT2D eigenvalue weighted by Crippen LogP contribution is 2.34. The molecule has 4 nitrogen and oxygen atoms in total. The molecule has 1 amide bonds. The summed E-state index contributed by atoms with van der Waals surface area (Å²) in [7, 11) is 2.93. The summed E-state index contributed by atoms with van der Waals surface area (Å²) in [6.07, 6.45) is -4.67. The number of halogens is 3. The number of benzene rings is 2. The summed E-state index contributed by atoms with van der Waals surface area (Å²) in [5.41, 5.74) is -0.622. The maximum absolute atomic E-state index is 12.9. The van der Waals surface area contributed by atoms with E-state index in [0.717, 1.165) is 6.07 Å². The standard InChI is InChI=1S/C17H16F3NO3/c1-23-12-8-7-11(15(10-12)24-2)9-16(22)21-14-6-4-3-5-13(14)17(18,19)20/h3-8,10H,9H2,1-2H3,(H,21,22). The Labute approximate surface area is 137 Å². The first-order chi connectivity index (χ1) is 11.3. The molecule has 0 radical (unpaired) electrons. The number of amides is 1. The molecule has 128 valence electrons. The highest BCUT2D eigenvalue weighted by Gasteiger charge is 2.33. The van der Waals surface area contributed by atoms with E-state index >= 15 is 0 Å². The van der Waals surface area contributed by atoms with Gasteiger partial charge in [0.2, 0.25) is 5.91 Å². The number of nitrogens with one attached hydrogen (secondary N) is 1. The third-order valence-corrected chi connectivity index (χ3v) is 3.35. The van der Waals surface area contributed by atoms with Gasteiger partial charge in [-0.1, -0.05) is 18.2 Å². The van der Waals surface area contributed by atoms with Crippen molar-refractivity contribution < 1.29 is 27.4 Å². The Kier molecular flexibility index (Phi) is 5.33. The van der Waals surface area contributed by atoms with E-state index in [0.29, 0.717) is 17.1 Å². The normalized spacial score (nSPS) is 11.0. The largest absolute Gasteiger partial charge is 0.497 e. The molecule has 0 fully saturated rings. The second-order valence-electron chi connectivity index (χ2n) is 4.95. The molecule has 24 heavy (non-hydrogen) atoms. The Balaban J connectivity index is 2.18. The lowest BCUT2D eigenvalue weighted by molar-refractivity contribution is -0.137. The van der Waals surface area contributed by atoms with Crippen LogP contribution >= 0.6 is 0 Å². The van der Waals surface area contributed by atoms with E-state index < -0.39 is 17.6 Å². The average molecular weight is 339 g/mol. The van der Waals surface area contributed by atoms with Crippen LogP contribution in [0, 0.1) is 0 Å². The van der Waals surface area contributed by atoms with E-state index in [9.17, 15) is 18.0 Å². The molecule has 0 spiro atoms. The van der Waals surface area contributed by atoms with Gasteiger partial charge in [-0.2, -0.15) is 13.2 Å². The lowest BCUT2D eigenvalue weighted by atomic mass is 10.1. The summed E-state index contributed by atoms with van der Waals surface area (Å²) >= 11 is 0. The van der Waals surface area contributed by atoms with Gasteiger partial charge < -0.3 is 14.8 Å². The fourth-order valence-corrected chi connectivity index (χ4v) is 2.20. The van der Waals surface area contributed by atoms with E-state index in [-0.39, 0.29) is 12.1 Å². The second kappa shape index (κ2) is 7.25. The molecular formula is C17H16F3NO3. The minimum absolute atomic E-state index is 0.126. The monoisotopic (exact) mass is 339 g/mol. The van der Waals surface area contributed by atoms with Crippen molar-refractivity contribution in [2.24, 2.45) is 0 Å². The first-order valence-electron chi connectivity index (χ1n) is 7.02. The van der Waals surface area contributed by atoms with Crippen LogP contribution in [-0.4, -0.2) is 20.1 Å². The zero-order chi connectivity index (χ0) is 17.7. The quantitative estimate of drug-likeness (QED) is 0.899. The van der Waals surface area contributed by atoms with Gasteiger partial charge >= 0.3 is 6.18 Å². The van der Waals surface area contributed by atoms with Crippen molar-refractivity contribution in [3.63, 3.8) is 0 Å². The lowest BCUT2D eigenvalue weighted by Gasteiger charge is -2.14. The highest BCUT2D eigenvalue weighted by molar-refractivity contribution is 5.93. The zero-order valence-electron chi connectivity index (χ0n) is 13.1. The molecule has 7 heteroatoms. The Morgan fingerprint density at radius 3 is 2.42 bits per heavy atom. The highest BCUT2D eigenvalue weighted by atomic mass is 19.4. The number of alkyl halides is 3. The van der Waals surface area contributed by atoms with Crippen LogP contribution in [0.4, 0.5) is 18.9 Å². The number of para-hydroxylation sites is 1. The van der Waals surface area contributed by atoms with Gasteiger partial charge in [-0.3, -0.25) is 4.79 Å². The molecule has 0 heterocycles. The number of rotatable bonds is 5. The van der Waals surface area contributed by atoms with E-state index in [2.05, 4.69) is 5.32 Å². The SMILES string of the molecule is COc1ccc(CC(=O)Nc2ccccc2C(F)(F)F)c(OC)c1. The summed E-state index contributed by atoms with van der Waals surface area (Å²) in [6.45, 7) is 0. The Morgan fingerprint density at radius 2 is 1.79 bits per heavy atom. The van der Waals surface area contributed by atoms with Gasteiger partial charge in [0.25, 0.3) is 0 Å². The second-order valence-corrected chi connectivity index (χ2v) is 4.95. The summed E-state index contributed by atoms with van der Waals surface area (Å²) < 4.78 is 49.1. The van der Waals surface area contributed by atoms with Crippen molar-refractivity contribution in [2.45, 2.75) is 12.6 Å². The maximum Gasteiger partial charge on any atom is 0.418 e. The van der Waals surface area contributed by atoms with Gasteiger partial charge in [-0.05, 0) is 18.2 Å². The van der Waals surface area contributed by atoms with Gasteiger partial charge in [0, 0.05) is 11.6 Å². The molecule has 0 atom stereocenters.